The zero-order valence-electron chi connectivity index (χ0n) is 17.5. The van der Waals surface area contributed by atoms with Crippen LogP contribution in [0.4, 0.5) is 0 Å². The third-order valence-electron chi connectivity index (χ3n) is 5.23. The van der Waals surface area contributed by atoms with Gasteiger partial charge >= 0.3 is 0 Å². The summed E-state index contributed by atoms with van der Waals surface area (Å²) in [6, 6.07) is 0. The van der Waals surface area contributed by atoms with Crippen molar-refractivity contribution in [1.29, 1.82) is 0 Å². The number of nitrogens with zero attached hydrogens (tertiary/aromatic N) is 1. The topological polar surface area (TPSA) is 40.2 Å². The van der Waals surface area contributed by atoms with Gasteiger partial charge in [0.1, 0.15) is 0 Å². The average molecular weight is 392 g/mol. The number of morpholine rings is 1. The van der Waals surface area contributed by atoms with Crippen LogP contribution in [0.3, 0.4) is 0 Å². The summed E-state index contributed by atoms with van der Waals surface area (Å²) in [5.41, 5.74) is 0. The fourth-order valence-corrected chi connectivity index (χ4v) is 4.74. The van der Waals surface area contributed by atoms with Gasteiger partial charge < -0.3 is 18.9 Å². The summed E-state index contributed by atoms with van der Waals surface area (Å²) >= 11 is 1.98. The van der Waals surface area contributed by atoms with E-state index in [9.17, 15) is 0 Å². The number of rotatable bonds is 16. The summed E-state index contributed by atoms with van der Waals surface area (Å²) in [5, 5.41) is 0. The van der Waals surface area contributed by atoms with Gasteiger partial charge in [-0.3, -0.25) is 4.90 Å². The molecule has 1 aliphatic rings. The molecule has 0 amide bonds. The fraction of sp³-hybridized carbons (Fsp3) is 1.00. The number of unbranched alkanes of at least 4 members (excludes halogenated alkanes) is 5. The van der Waals surface area contributed by atoms with E-state index in [0.29, 0.717) is 0 Å². The van der Waals surface area contributed by atoms with Crippen LogP contribution in [0.2, 0.25) is 0 Å². The van der Waals surface area contributed by atoms with Gasteiger partial charge in [0.2, 0.25) is 0 Å². The summed E-state index contributed by atoms with van der Waals surface area (Å²) in [4.78, 5) is 2.48. The Hall–Kier alpha value is 0.150. The third-order valence-corrected chi connectivity index (χ3v) is 6.34. The fourth-order valence-electron chi connectivity index (χ4n) is 3.53. The molecule has 6 heteroatoms. The van der Waals surface area contributed by atoms with E-state index >= 15 is 0 Å². The molecule has 0 saturated carbocycles. The Labute approximate surface area is 165 Å². The number of hydrogen-bond acceptors (Lipinski definition) is 6. The molecule has 0 spiro atoms. The van der Waals surface area contributed by atoms with E-state index in [4.69, 9.17) is 18.9 Å². The Balaban J connectivity index is 2.38. The van der Waals surface area contributed by atoms with Crippen molar-refractivity contribution in [2.75, 3.05) is 65.7 Å². The van der Waals surface area contributed by atoms with Crippen molar-refractivity contribution in [2.45, 2.75) is 57.8 Å². The van der Waals surface area contributed by atoms with Crippen LogP contribution >= 0.6 is 11.8 Å². The Kier molecular flexibility index (Phi) is 14.1. The highest BCUT2D eigenvalue weighted by Gasteiger charge is 2.39. The first-order valence-corrected chi connectivity index (χ1v) is 11.4. The molecule has 5 nitrogen and oxygen atoms in total. The van der Waals surface area contributed by atoms with Crippen LogP contribution in [0.5, 0.6) is 0 Å². The second-order valence-corrected chi connectivity index (χ2v) is 8.15. The number of thioether (sulfide) groups is 1. The van der Waals surface area contributed by atoms with Gasteiger partial charge in [-0.1, -0.05) is 45.4 Å². The first-order chi connectivity index (χ1) is 12.7. The zero-order valence-corrected chi connectivity index (χ0v) is 18.3. The lowest BCUT2D eigenvalue weighted by atomic mass is 9.99. The van der Waals surface area contributed by atoms with E-state index in [-0.39, 0.29) is 5.92 Å². The second kappa shape index (κ2) is 15.1. The molecular formula is C20H41NO4S. The van der Waals surface area contributed by atoms with Gasteiger partial charge in [-0.25, -0.2) is 0 Å². The van der Waals surface area contributed by atoms with Crippen LogP contribution < -0.4 is 0 Å². The van der Waals surface area contributed by atoms with Gasteiger partial charge in [-0.05, 0) is 6.42 Å². The van der Waals surface area contributed by atoms with Gasteiger partial charge in [-0.15, -0.1) is 0 Å². The molecule has 0 bridgehead atoms. The molecule has 1 fully saturated rings. The minimum absolute atomic E-state index is 0.239. The van der Waals surface area contributed by atoms with Crippen LogP contribution in [-0.2, 0) is 18.9 Å². The van der Waals surface area contributed by atoms with E-state index in [1.54, 1.807) is 21.3 Å². The number of hydrogen-bond donors (Lipinski definition) is 0. The minimum atomic E-state index is -0.921. The molecule has 26 heavy (non-hydrogen) atoms. The predicted octanol–water partition coefficient (Wildman–Crippen LogP) is 4.01. The molecule has 1 unspecified atom stereocenters. The Bertz CT molecular complexity index is 315. The van der Waals surface area contributed by atoms with Gasteiger partial charge in [0.15, 0.2) is 0 Å². The van der Waals surface area contributed by atoms with Crippen molar-refractivity contribution < 1.29 is 18.9 Å². The van der Waals surface area contributed by atoms with Crippen LogP contribution in [0, 0.1) is 5.92 Å². The van der Waals surface area contributed by atoms with Crippen LogP contribution in [-0.4, -0.2) is 76.6 Å². The summed E-state index contributed by atoms with van der Waals surface area (Å²) in [6.07, 6.45) is 8.87. The zero-order chi connectivity index (χ0) is 19.1. The standard InChI is InChI=1S/C20H41NO4S/c1-5-6-7-8-9-10-11-19(20(22-2,23-3)24-4)18-26-17-14-21-12-15-25-16-13-21/h19H,5-18H2,1-4H3. The monoisotopic (exact) mass is 391 g/mol. The number of ether oxygens (including phenoxy) is 4. The first-order valence-electron chi connectivity index (χ1n) is 10.3. The van der Waals surface area contributed by atoms with Crippen molar-refractivity contribution >= 4 is 11.8 Å². The molecule has 1 atom stereocenters. The first kappa shape index (κ1) is 24.2. The molecular weight excluding hydrogens is 350 g/mol. The van der Waals surface area contributed by atoms with Crippen molar-refractivity contribution in [1.82, 2.24) is 4.90 Å². The molecule has 0 N–H and O–H groups in total. The highest BCUT2D eigenvalue weighted by molar-refractivity contribution is 7.99. The Morgan fingerprint density at radius 2 is 1.58 bits per heavy atom. The molecule has 0 aromatic rings. The van der Waals surface area contributed by atoms with Gasteiger partial charge in [0, 0.05) is 58.4 Å². The summed E-state index contributed by atoms with van der Waals surface area (Å²) in [6.45, 7) is 7.22. The van der Waals surface area contributed by atoms with E-state index in [0.717, 1.165) is 50.8 Å². The molecule has 1 rings (SSSR count). The van der Waals surface area contributed by atoms with E-state index in [2.05, 4.69) is 11.8 Å². The predicted molar refractivity (Wildman–Crippen MR) is 110 cm³/mol. The van der Waals surface area contributed by atoms with Gasteiger partial charge in [-0.2, -0.15) is 11.8 Å². The molecule has 0 radical (unpaired) electrons. The summed E-state index contributed by atoms with van der Waals surface area (Å²) < 4.78 is 22.4. The molecule has 1 heterocycles. The van der Waals surface area contributed by atoms with E-state index in [1.807, 2.05) is 11.8 Å². The molecule has 1 saturated heterocycles. The highest BCUT2D eigenvalue weighted by Crippen LogP contribution is 2.31. The van der Waals surface area contributed by atoms with Crippen molar-refractivity contribution in [3.8, 4) is 0 Å². The maximum Gasteiger partial charge on any atom is 0.285 e. The SMILES string of the molecule is CCCCCCCCC(CSCCN1CCOCC1)C(OC)(OC)OC. The maximum absolute atomic E-state index is 5.66. The lowest BCUT2D eigenvalue weighted by Gasteiger charge is -2.36. The summed E-state index contributed by atoms with van der Waals surface area (Å²) in [7, 11) is 5.04. The van der Waals surface area contributed by atoms with Crippen LogP contribution in [0.15, 0.2) is 0 Å². The Morgan fingerprint density at radius 3 is 2.19 bits per heavy atom. The molecule has 0 aromatic carbocycles. The van der Waals surface area contributed by atoms with E-state index < -0.39 is 5.97 Å². The average Bonchev–Trinajstić information content (AvgIpc) is 2.69. The minimum Gasteiger partial charge on any atom is -0.379 e. The lowest BCUT2D eigenvalue weighted by Crippen LogP contribution is -2.45. The smallest absolute Gasteiger partial charge is 0.285 e. The van der Waals surface area contributed by atoms with Crippen LogP contribution in [0.1, 0.15) is 51.9 Å². The normalized spacial score (nSPS) is 17.5. The quantitative estimate of drug-likeness (QED) is 0.292. The second-order valence-electron chi connectivity index (χ2n) is 7.00. The number of methoxy groups -OCH3 is 3. The highest BCUT2D eigenvalue weighted by atomic mass is 32.2. The largest absolute Gasteiger partial charge is 0.379 e. The summed E-state index contributed by atoms with van der Waals surface area (Å²) in [5.74, 6) is 1.44. The molecule has 156 valence electrons. The third kappa shape index (κ3) is 8.89. The van der Waals surface area contributed by atoms with Crippen molar-refractivity contribution in [3.05, 3.63) is 0 Å². The van der Waals surface area contributed by atoms with Crippen molar-refractivity contribution in [2.24, 2.45) is 5.92 Å². The van der Waals surface area contributed by atoms with E-state index in [1.165, 1.54) is 38.5 Å². The van der Waals surface area contributed by atoms with Crippen LogP contribution in [0.25, 0.3) is 0 Å². The maximum atomic E-state index is 5.66. The molecule has 0 aromatic heterocycles. The lowest BCUT2D eigenvalue weighted by molar-refractivity contribution is -0.376. The van der Waals surface area contributed by atoms with Gasteiger partial charge in [0.25, 0.3) is 5.97 Å². The molecule has 1 aliphatic heterocycles. The molecule has 0 aliphatic carbocycles. The Morgan fingerprint density at radius 1 is 0.962 bits per heavy atom. The van der Waals surface area contributed by atoms with Crippen molar-refractivity contribution in [3.63, 3.8) is 0 Å². The van der Waals surface area contributed by atoms with Gasteiger partial charge in [0.05, 0.1) is 13.2 Å².